The zero-order valence-corrected chi connectivity index (χ0v) is 16.0. The molecule has 0 spiro atoms. The first-order chi connectivity index (χ1) is 13.8. The van der Waals surface area contributed by atoms with E-state index in [9.17, 15) is 24.5 Å². The highest BCUT2D eigenvalue weighted by Gasteiger charge is 2.21. The maximum absolute atomic E-state index is 12.1. The number of hydrogen-bond donors (Lipinski definition) is 2. The number of nitro benzene ring substituents is 1. The molecule has 2 atom stereocenters. The first kappa shape index (κ1) is 21.5. The van der Waals surface area contributed by atoms with Gasteiger partial charge < -0.3 is 15.4 Å². The molecule has 2 aromatic carbocycles. The van der Waals surface area contributed by atoms with Crippen LogP contribution in [-0.2, 0) is 14.3 Å². The summed E-state index contributed by atoms with van der Waals surface area (Å²) in [4.78, 5) is 46.5. The molecule has 0 bridgehead atoms. The van der Waals surface area contributed by atoms with E-state index in [-0.39, 0.29) is 23.7 Å². The van der Waals surface area contributed by atoms with Crippen molar-refractivity contribution in [2.75, 3.05) is 5.32 Å². The number of non-ortho nitro benzene ring substituents is 1. The minimum atomic E-state index is -1.11. The van der Waals surface area contributed by atoms with Crippen LogP contribution in [0.15, 0.2) is 54.6 Å². The highest BCUT2D eigenvalue weighted by Crippen LogP contribution is 2.17. The van der Waals surface area contributed by atoms with Crippen molar-refractivity contribution in [3.05, 3.63) is 70.3 Å². The molecule has 2 amide bonds. The van der Waals surface area contributed by atoms with Crippen LogP contribution in [0.2, 0.25) is 0 Å². The van der Waals surface area contributed by atoms with Gasteiger partial charge in [0.15, 0.2) is 6.10 Å². The lowest BCUT2D eigenvalue weighted by Gasteiger charge is -2.16. The molecule has 0 saturated carbocycles. The number of hydrogen-bond acceptors (Lipinski definition) is 6. The maximum Gasteiger partial charge on any atom is 0.308 e. The number of nitro groups is 1. The molecule has 2 rings (SSSR count). The maximum atomic E-state index is 12.1. The van der Waals surface area contributed by atoms with E-state index in [1.165, 1.54) is 31.2 Å². The molecule has 0 aliphatic heterocycles. The standard InChI is InChI=1S/C20H21N3O6/c1-13(21-20(26)15-7-4-3-5-8-15)11-18(24)29-14(2)19(25)22-16-9-6-10-17(12-16)23(27)28/h3-10,12-14H,11H2,1-2H3,(H,21,26)(H,22,25). The lowest BCUT2D eigenvalue weighted by atomic mass is 10.2. The Bertz CT molecular complexity index is 900. The van der Waals surface area contributed by atoms with Gasteiger partial charge in [-0.3, -0.25) is 24.5 Å². The Morgan fingerprint density at radius 2 is 1.76 bits per heavy atom. The van der Waals surface area contributed by atoms with Gasteiger partial charge in [-0.05, 0) is 32.0 Å². The fourth-order valence-electron chi connectivity index (χ4n) is 2.44. The molecule has 29 heavy (non-hydrogen) atoms. The summed E-state index contributed by atoms with van der Waals surface area (Å²) in [6, 6.07) is 13.5. The van der Waals surface area contributed by atoms with Crippen LogP contribution < -0.4 is 10.6 Å². The minimum Gasteiger partial charge on any atom is -0.452 e. The van der Waals surface area contributed by atoms with Crippen LogP contribution >= 0.6 is 0 Å². The Balaban J connectivity index is 1.83. The molecular formula is C20H21N3O6. The van der Waals surface area contributed by atoms with E-state index in [2.05, 4.69) is 10.6 Å². The lowest BCUT2D eigenvalue weighted by Crippen LogP contribution is -2.36. The van der Waals surface area contributed by atoms with Crippen LogP contribution in [0.3, 0.4) is 0 Å². The highest BCUT2D eigenvalue weighted by atomic mass is 16.6. The number of benzene rings is 2. The van der Waals surface area contributed by atoms with E-state index in [1.54, 1.807) is 37.3 Å². The fraction of sp³-hybridized carbons (Fsp3) is 0.250. The number of esters is 1. The number of rotatable bonds is 8. The van der Waals surface area contributed by atoms with Crippen molar-refractivity contribution in [2.24, 2.45) is 0 Å². The van der Waals surface area contributed by atoms with Crippen molar-refractivity contribution in [1.29, 1.82) is 0 Å². The molecule has 0 aliphatic rings. The highest BCUT2D eigenvalue weighted by molar-refractivity contribution is 5.96. The van der Waals surface area contributed by atoms with Gasteiger partial charge in [-0.1, -0.05) is 24.3 Å². The second-order valence-electron chi connectivity index (χ2n) is 6.37. The lowest BCUT2D eigenvalue weighted by molar-refractivity contribution is -0.384. The van der Waals surface area contributed by atoms with Gasteiger partial charge in [-0.15, -0.1) is 0 Å². The van der Waals surface area contributed by atoms with Crippen molar-refractivity contribution < 1.29 is 24.0 Å². The average Bonchev–Trinajstić information content (AvgIpc) is 2.68. The van der Waals surface area contributed by atoms with Gasteiger partial charge >= 0.3 is 5.97 Å². The van der Waals surface area contributed by atoms with Crippen molar-refractivity contribution in [1.82, 2.24) is 5.32 Å². The van der Waals surface area contributed by atoms with Crippen LogP contribution in [0.5, 0.6) is 0 Å². The zero-order valence-electron chi connectivity index (χ0n) is 16.0. The van der Waals surface area contributed by atoms with E-state index in [4.69, 9.17) is 4.74 Å². The van der Waals surface area contributed by atoms with Crippen LogP contribution in [0.1, 0.15) is 30.6 Å². The molecule has 0 fully saturated rings. The summed E-state index contributed by atoms with van der Waals surface area (Å²) < 4.78 is 5.08. The average molecular weight is 399 g/mol. The largest absolute Gasteiger partial charge is 0.452 e. The zero-order chi connectivity index (χ0) is 21.4. The van der Waals surface area contributed by atoms with E-state index in [0.29, 0.717) is 5.56 Å². The van der Waals surface area contributed by atoms with Gasteiger partial charge in [0.1, 0.15) is 0 Å². The number of nitrogens with one attached hydrogen (secondary N) is 2. The predicted octanol–water partition coefficient (Wildman–Crippen LogP) is 2.67. The quantitative estimate of drug-likeness (QED) is 0.399. The number of nitrogens with zero attached hydrogens (tertiary/aromatic N) is 1. The van der Waals surface area contributed by atoms with Gasteiger partial charge in [-0.2, -0.15) is 0 Å². The second-order valence-corrected chi connectivity index (χ2v) is 6.37. The monoisotopic (exact) mass is 399 g/mol. The third-order valence-electron chi connectivity index (χ3n) is 3.89. The van der Waals surface area contributed by atoms with E-state index in [0.717, 1.165) is 0 Å². The molecule has 9 heteroatoms. The van der Waals surface area contributed by atoms with E-state index >= 15 is 0 Å². The van der Waals surface area contributed by atoms with Gasteiger partial charge in [0, 0.05) is 29.4 Å². The summed E-state index contributed by atoms with van der Waals surface area (Å²) in [6.45, 7) is 3.04. The molecule has 2 unspecified atom stereocenters. The molecule has 0 aromatic heterocycles. The summed E-state index contributed by atoms with van der Waals surface area (Å²) in [6.07, 6.45) is -1.23. The Morgan fingerprint density at radius 3 is 2.41 bits per heavy atom. The molecule has 9 nitrogen and oxygen atoms in total. The normalized spacial score (nSPS) is 12.3. The van der Waals surface area contributed by atoms with E-state index in [1.807, 2.05) is 0 Å². The van der Waals surface area contributed by atoms with Gasteiger partial charge in [0.25, 0.3) is 17.5 Å². The number of ether oxygens (including phenoxy) is 1. The first-order valence-corrected chi connectivity index (χ1v) is 8.87. The molecule has 2 N–H and O–H groups in total. The summed E-state index contributed by atoms with van der Waals surface area (Å²) >= 11 is 0. The molecule has 0 heterocycles. The second kappa shape index (κ2) is 9.98. The minimum absolute atomic E-state index is 0.118. The summed E-state index contributed by atoms with van der Waals surface area (Å²) in [7, 11) is 0. The predicted molar refractivity (Wildman–Crippen MR) is 105 cm³/mol. The number of amides is 2. The molecule has 2 aromatic rings. The smallest absolute Gasteiger partial charge is 0.308 e. The number of carbonyl (C=O) groups is 3. The van der Waals surface area contributed by atoms with Crippen molar-refractivity contribution in [3.8, 4) is 0 Å². The van der Waals surface area contributed by atoms with Gasteiger partial charge in [-0.25, -0.2) is 0 Å². The molecule has 0 aliphatic carbocycles. The van der Waals surface area contributed by atoms with Gasteiger partial charge in [0.2, 0.25) is 0 Å². The van der Waals surface area contributed by atoms with Crippen LogP contribution in [0, 0.1) is 10.1 Å². The molecule has 152 valence electrons. The third kappa shape index (κ3) is 6.73. The molecule has 0 saturated heterocycles. The Hall–Kier alpha value is -3.75. The van der Waals surface area contributed by atoms with Gasteiger partial charge in [0.05, 0.1) is 11.3 Å². The Labute approximate surface area is 167 Å². The number of anilines is 1. The van der Waals surface area contributed by atoms with Crippen molar-refractivity contribution in [3.63, 3.8) is 0 Å². The summed E-state index contributed by atoms with van der Waals surface area (Å²) in [5.41, 5.74) is 0.517. The topological polar surface area (TPSA) is 128 Å². The molecule has 0 radical (unpaired) electrons. The van der Waals surface area contributed by atoms with Crippen LogP contribution in [0.4, 0.5) is 11.4 Å². The number of carbonyl (C=O) groups excluding carboxylic acids is 3. The van der Waals surface area contributed by atoms with Crippen molar-refractivity contribution in [2.45, 2.75) is 32.4 Å². The SMILES string of the molecule is CC(CC(=O)OC(C)C(=O)Nc1cccc([N+](=O)[O-])c1)NC(=O)c1ccccc1. The van der Waals surface area contributed by atoms with E-state index < -0.39 is 28.9 Å². The van der Waals surface area contributed by atoms with Crippen LogP contribution in [0.25, 0.3) is 0 Å². The first-order valence-electron chi connectivity index (χ1n) is 8.87. The van der Waals surface area contributed by atoms with Crippen molar-refractivity contribution >= 4 is 29.2 Å². The molecular weight excluding hydrogens is 378 g/mol. The Kier molecular flexibility index (Phi) is 7.41. The van der Waals surface area contributed by atoms with Crippen LogP contribution in [-0.4, -0.2) is 34.9 Å². The fourth-order valence-corrected chi connectivity index (χ4v) is 2.44. The summed E-state index contributed by atoms with van der Waals surface area (Å²) in [5, 5.41) is 15.9. The summed E-state index contributed by atoms with van der Waals surface area (Å²) in [5.74, 6) is -1.60. The third-order valence-corrected chi connectivity index (χ3v) is 3.89. The Morgan fingerprint density at radius 1 is 1.07 bits per heavy atom.